The Kier molecular flexibility index (Phi) is 7.83. The minimum absolute atomic E-state index is 0.000120. The smallest absolute Gasteiger partial charge is 0.330 e. The molecule has 0 aliphatic rings. The first-order chi connectivity index (χ1) is 16.3. The first kappa shape index (κ1) is 24.3. The summed E-state index contributed by atoms with van der Waals surface area (Å²) in [6.45, 7) is -0.221. The van der Waals surface area contributed by atoms with E-state index in [1.54, 1.807) is 36.4 Å². The van der Waals surface area contributed by atoms with E-state index in [1.807, 2.05) is 6.07 Å². The number of rotatable bonds is 10. The van der Waals surface area contributed by atoms with Crippen molar-refractivity contribution in [1.29, 1.82) is 0 Å². The van der Waals surface area contributed by atoms with Gasteiger partial charge < -0.3 is 20.9 Å². The highest BCUT2D eigenvalue weighted by Gasteiger charge is 2.25. The topological polar surface area (TPSA) is 163 Å². The zero-order chi connectivity index (χ0) is 24.7. The van der Waals surface area contributed by atoms with E-state index in [2.05, 4.69) is 4.98 Å². The summed E-state index contributed by atoms with van der Waals surface area (Å²) in [7, 11) is 1.46. The number of benzene rings is 2. The Morgan fingerprint density at radius 1 is 1.09 bits per heavy atom. The van der Waals surface area contributed by atoms with E-state index in [1.165, 1.54) is 19.2 Å². The van der Waals surface area contributed by atoms with Crippen molar-refractivity contribution < 1.29 is 19.1 Å². The molecule has 2 amide bonds. The molecule has 0 aliphatic carbocycles. The van der Waals surface area contributed by atoms with Crippen LogP contribution in [-0.4, -0.2) is 41.7 Å². The predicted molar refractivity (Wildman–Crippen MR) is 126 cm³/mol. The molecule has 3 rings (SSSR count). The normalized spacial score (nSPS) is 10.6. The number of anilines is 2. The Balaban J connectivity index is 1.97. The van der Waals surface area contributed by atoms with Gasteiger partial charge in [0.1, 0.15) is 11.6 Å². The lowest BCUT2D eigenvalue weighted by atomic mass is 10.2. The first-order valence-electron chi connectivity index (χ1n) is 10.3. The third kappa shape index (κ3) is 5.70. The molecule has 0 saturated carbocycles. The van der Waals surface area contributed by atoms with Crippen molar-refractivity contribution in [3.8, 4) is 5.75 Å². The molecule has 2 aromatic carbocycles. The highest BCUT2D eigenvalue weighted by molar-refractivity contribution is 5.96. The van der Waals surface area contributed by atoms with Crippen LogP contribution >= 0.6 is 0 Å². The van der Waals surface area contributed by atoms with Crippen molar-refractivity contribution in [2.45, 2.75) is 13.1 Å². The minimum Gasteiger partial charge on any atom is -0.484 e. The lowest BCUT2D eigenvalue weighted by molar-refractivity contribution is -0.120. The summed E-state index contributed by atoms with van der Waals surface area (Å²) >= 11 is 0. The minimum atomic E-state index is -0.809. The summed E-state index contributed by atoms with van der Waals surface area (Å²) in [6, 6.07) is 15.0. The van der Waals surface area contributed by atoms with E-state index in [9.17, 15) is 19.2 Å². The quantitative estimate of drug-likeness (QED) is 0.390. The first-order valence-corrected chi connectivity index (χ1v) is 10.3. The number of primary amides is 1. The summed E-state index contributed by atoms with van der Waals surface area (Å²) in [4.78, 5) is 53.0. The van der Waals surface area contributed by atoms with Crippen LogP contribution in [0.5, 0.6) is 5.75 Å². The number of nitrogens with zero attached hydrogens (tertiary/aromatic N) is 2. The molecule has 3 aromatic rings. The lowest BCUT2D eigenvalue weighted by Gasteiger charge is -2.24. The molecular weight excluding hydrogens is 442 g/mol. The Morgan fingerprint density at radius 3 is 2.50 bits per heavy atom. The van der Waals surface area contributed by atoms with Crippen molar-refractivity contribution in [2.75, 3.05) is 31.0 Å². The number of aromatic nitrogens is 2. The molecule has 0 bridgehead atoms. The number of aromatic amines is 1. The van der Waals surface area contributed by atoms with Crippen LogP contribution < -0.4 is 32.4 Å². The number of nitrogens with one attached hydrogen (secondary N) is 1. The monoisotopic (exact) mass is 467 g/mol. The average molecular weight is 467 g/mol. The van der Waals surface area contributed by atoms with E-state index in [0.717, 1.165) is 15.0 Å². The number of nitrogens with two attached hydrogens (primary N) is 2. The number of methoxy groups -OCH3 is 1. The van der Waals surface area contributed by atoms with Crippen LogP contribution in [0.15, 0.2) is 64.2 Å². The number of hydrogen-bond acceptors (Lipinski definition) is 7. The highest BCUT2D eigenvalue weighted by atomic mass is 16.5. The standard InChI is InChI=1S/C23H25N5O6/c1-33-11-10-27-20(24)19(22(31)26-23(27)32)28(13-15-6-3-2-4-7-15)18(29)14-34-17-9-5-8-16(12-17)21(25)30/h2-9,12H,10-11,13-14,24H2,1H3,(H2,25,30)(H,26,31,32). The van der Waals surface area contributed by atoms with Crippen LogP contribution in [0.1, 0.15) is 15.9 Å². The third-order valence-corrected chi connectivity index (χ3v) is 4.97. The van der Waals surface area contributed by atoms with Crippen LogP contribution in [-0.2, 0) is 22.6 Å². The molecule has 0 spiro atoms. The number of H-pyrrole nitrogens is 1. The van der Waals surface area contributed by atoms with Gasteiger partial charge in [-0.1, -0.05) is 36.4 Å². The number of carbonyl (C=O) groups excluding carboxylic acids is 2. The maximum absolute atomic E-state index is 13.2. The lowest BCUT2D eigenvalue weighted by Crippen LogP contribution is -2.42. The second-order valence-electron chi connectivity index (χ2n) is 7.28. The fraction of sp³-hybridized carbons (Fsp3) is 0.217. The molecule has 0 fully saturated rings. The van der Waals surface area contributed by atoms with Crippen molar-refractivity contribution in [1.82, 2.24) is 9.55 Å². The van der Waals surface area contributed by atoms with Gasteiger partial charge in [-0.3, -0.25) is 28.8 Å². The Labute approximate surface area is 194 Å². The summed E-state index contributed by atoms with van der Waals surface area (Å²) in [5.41, 5.74) is 10.7. The van der Waals surface area contributed by atoms with Crippen molar-refractivity contribution in [3.63, 3.8) is 0 Å². The van der Waals surface area contributed by atoms with Gasteiger partial charge >= 0.3 is 5.69 Å². The predicted octanol–water partition coefficient (Wildman–Crippen LogP) is 0.476. The fourth-order valence-corrected chi connectivity index (χ4v) is 3.26. The SMILES string of the molecule is COCCn1c(N)c(N(Cc2ccccc2)C(=O)COc2cccc(C(N)=O)c2)c(=O)[nH]c1=O. The summed E-state index contributed by atoms with van der Waals surface area (Å²) < 4.78 is 11.7. The van der Waals surface area contributed by atoms with Crippen LogP contribution in [0.2, 0.25) is 0 Å². The molecule has 0 radical (unpaired) electrons. The van der Waals surface area contributed by atoms with Gasteiger partial charge in [-0.05, 0) is 23.8 Å². The third-order valence-electron chi connectivity index (χ3n) is 4.97. The molecule has 5 N–H and O–H groups in total. The molecule has 0 atom stereocenters. The van der Waals surface area contributed by atoms with Crippen molar-refractivity contribution >= 4 is 23.3 Å². The number of ether oxygens (including phenoxy) is 2. The number of hydrogen-bond donors (Lipinski definition) is 3. The Hall–Kier alpha value is -4.38. The number of amides is 2. The maximum Gasteiger partial charge on any atom is 0.330 e. The molecule has 0 saturated heterocycles. The Morgan fingerprint density at radius 2 is 1.82 bits per heavy atom. The summed E-state index contributed by atoms with van der Waals surface area (Å²) in [6.07, 6.45) is 0. The van der Waals surface area contributed by atoms with Gasteiger partial charge in [0.2, 0.25) is 5.91 Å². The van der Waals surface area contributed by atoms with E-state index >= 15 is 0 Å². The van der Waals surface area contributed by atoms with Crippen LogP contribution in [0.4, 0.5) is 11.5 Å². The van der Waals surface area contributed by atoms with Crippen LogP contribution in [0.25, 0.3) is 0 Å². The van der Waals surface area contributed by atoms with Gasteiger partial charge in [0.05, 0.1) is 19.7 Å². The molecular formula is C23H25N5O6. The molecule has 11 nitrogen and oxygen atoms in total. The molecule has 11 heteroatoms. The molecule has 34 heavy (non-hydrogen) atoms. The van der Waals surface area contributed by atoms with Gasteiger partial charge in [0.25, 0.3) is 11.5 Å². The highest BCUT2D eigenvalue weighted by Crippen LogP contribution is 2.21. The van der Waals surface area contributed by atoms with Crippen LogP contribution in [0, 0.1) is 0 Å². The van der Waals surface area contributed by atoms with E-state index in [0.29, 0.717) is 0 Å². The largest absolute Gasteiger partial charge is 0.484 e. The maximum atomic E-state index is 13.2. The second-order valence-corrected chi connectivity index (χ2v) is 7.28. The summed E-state index contributed by atoms with van der Waals surface area (Å²) in [5, 5.41) is 0. The van der Waals surface area contributed by atoms with E-state index < -0.39 is 29.7 Å². The van der Waals surface area contributed by atoms with E-state index in [4.69, 9.17) is 20.9 Å². The van der Waals surface area contributed by atoms with Gasteiger partial charge in [0, 0.05) is 12.7 Å². The van der Waals surface area contributed by atoms with Gasteiger partial charge in [-0.25, -0.2) is 4.79 Å². The zero-order valence-corrected chi connectivity index (χ0v) is 18.5. The van der Waals surface area contributed by atoms with Crippen LogP contribution in [0.3, 0.4) is 0 Å². The molecule has 0 aliphatic heterocycles. The molecule has 178 valence electrons. The molecule has 1 aromatic heterocycles. The Bertz CT molecular complexity index is 1280. The van der Waals surface area contributed by atoms with Gasteiger partial charge in [-0.15, -0.1) is 0 Å². The fourth-order valence-electron chi connectivity index (χ4n) is 3.26. The zero-order valence-electron chi connectivity index (χ0n) is 18.5. The van der Waals surface area contributed by atoms with Crippen molar-refractivity contribution in [3.05, 3.63) is 86.6 Å². The second kappa shape index (κ2) is 11.0. The van der Waals surface area contributed by atoms with Crippen molar-refractivity contribution in [2.24, 2.45) is 5.73 Å². The van der Waals surface area contributed by atoms with Gasteiger partial charge in [0.15, 0.2) is 12.3 Å². The van der Waals surface area contributed by atoms with Gasteiger partial charge in [-0.2, -0.15) is 0 Å². The summed E-state index contributed by atoms with van der Waals surface area (Å²) in [5.74, 6) is -1.16. The average Bonchev–Trinajstić information content (AvgIpc) is 2.82. The number of carbonyl (C=O) groups is 2. The number of nitrogen functional groups attached to an aromatic ring is 1. The molecule has 1 heterocycles. The molecule has 0 unspecified atom stereocenters. The van der Waals surface area contributed by atoms with E-state index in [-0.39, 0.29) is 42.5 Å².